The van der Waals surface area contributed by atoms with Crippen molar-refractivity contribution in [3.05, 3.63) is 45.8 Å². The molecule has 0 fully saturated rings. The molecule has 0 spiro atoms. The SMILES string of the molecule is CCN(CC)c1ccc(C=Nc2sc3c(c2C#N)CC[C@@H](C(C)(C)C)C3)cc1. The first-order chi connectivity index (χ1) is 13.4. The molecule has 0 unspecified atom stereocenters. The van der Waals surface area contributed by atoms with Crippen LogP contribution in [-0.2, 0) is 12.8 Å². The molecule has 28 heavy (non-hydrogen) atoms. The van der Waals surface area contributed by atoms with Crippen LogP contribution in [0.3, 0.4) is 0 Å². The Bertz CT molecular complexity index is 874. The average Bonchev–Trinajstić information content (AvgIpc) is 3.04. The smallest absolute Gasteiger partial charge is 0.134 e. The standard InChI is InChI=1S/C24H31N3S/c1-6-27(7-2)19-11-8-17(9-12-19)16-26-23-21(15-25)20-13-10-18(24(3,4)5)14-22(20)28-23/h8-9,11-12,16,18H,6-7,10,13-14H2,1-5H3/t18-/m1/s1. The zero-order valence-electron chi connectivity index (χ0n) is 17.7. The third-order valence-electron chi connectivity index (χ3n) is 5.94. The summed E-state index contributed by atoms with van der Waals surface area (Å²) in [6, 6.07) is 10.9. The quantitative estimate of drug-likeness (QED) is 0.554. The molecule has 1 aromatic heterocycles. The molecule has 0 bridgehead atoms. The maximum Gasteiger partial charge on any atom is 0.134 e. The summed E-state index contributed by atoms with van der Waals surface area (Å²) in [5.41, 5.74) is 4.66. The number of nitriles is 1. The fourth-order valence-corrected chi connectivity index (χ4v) is 5.23. The van der Waals surface area contributed by atoms with Crippen molar-refractivity contribution in [3.8, 4) is 6.07 Å². The van der Waals surface area contributed by atoms with Crippen molar-refractivity contribution in [2.24, 2.45) is 16.3 Å². The minimum atomic E-state index is 0.310. The van der Waals surface area contributed by atoms with Gasteiger partial charge in [0.1, 0.15) is 11.1 Å². The number of thiophene rings is 1. The molecule has 0 aliphatic heterocycles. The van der Waals surface area contributed by atoms with Gasteiger partial charge in [-0.25, -0.2) is 4.99 Å². The molecular formula is C24H31N3S. The second-order valence-corrected chi connectivity index (χ2v) is 9.71. The third-order valence-corrected chi connectivity index (χ3v) is 7.10. The molecule has 0 radical (unpaired) electrons. The normalized spacial score (nSPS) is 16.8. The Kier molecular flexibility index (Phi) is 6.25. The lowest BCUT2D eigenvalue weighted by atomic mass is 9.72. The largest absolute Gasteiger partial charge is 0.372 e. The van der Waals surface area contributed by atoms with E-state index in [-0.39, 0.29) is 0 Å². The molecule has 1 aliphatic carbocycles. The van der Waals surface area contributed by atoms with Crippen LogP contribution < -0.4 is 4.90 Å². The molecule has 4 heteroatoms. The fraction of sp³-hybridized carbons (Fsp3) is 0.500. The molecule has 1 aromatic carbocycles. The van der Waals surface area contributed by atoms with Gasteiger partial charge < -0.3 is 4.90 Å². The Morgan fingerprint density at radius 1 is 1.21 bits per heavy atom. The topological polar surface area (TPSA) is 39.4 Å². The maximum atomic E-state index is 9.72. The van der Waals surface area contributed by atoms with Gasteiger partial charge in [-0.2, -0.15) is 5.26 Å². The summed E-state index contributed by atoms with van der Waals surface area (Å²) < 4.78 is 0. The number of hydrogen-bond acceptors (Lipinski definition) is 4. The molecule has 1 aliphatic rings. The fourth-order valence-electron chi connectivity index (χ4n) is 4.01. The molecule has 2 aromatic rings. The maximum absolute atomic E-state index is 9.72. The van der Waals surface area contributed by atoms with Crippen LogP contribution in [0.1, 0.15) is 62.6 Å². The zero-order valence-corrected chi connectivity index (χ0v) is 18.6. The van der Waals surface area contributed by atoms with Gasteiger partial charge in [0.15, 0.2) is 0 Å². The molecular weight excluding hydrogens is 362 g/mol. The van der Waals surface area contributed by atoms with Crippen molar-refractivity contribution < 1.29 is 0 Å². The van der Waals surface area contributed by atoms with Crippen LogP contribution in [0.15, 0.2) is 29.3 Å². The van der Waals surface area contributed by atoms with Gasteiger partial charge in [-0.3, -0.25) is 0 Å². The number of anilines is 1. The van der Waals surface area contributed by atoms with Crippen LogP contribution in [-0.4, -0.2) is 19.3 Å². The highest BCUT2D eigenvalue weighted by Gasteiger charge is 2.32. The van der Waals surface area contributed by atoms with Crippen LogP contribution in [0, 0.1) is 22.7 Å². The highest BCUT2D eigenvalue weighted by atomic mass is 32.1. The van der Waals surface area contributed by atoms with E-state index in [1.807, 2.05) is 6.21 Å². The van der Waals surface area contributed by atoms with Gasteiger partial charge in [-0.1, -0.05) is 32.9 Å². The first-order valence-electron chi connectivity index (χ1n) is 10.3. The summed E-state index contributed by atoms with van der Waals surface area (Å²) >= 11 is 1.71. The van der Waals surface area contributed by atoms with Gasteiger partial charge in [0.25, 0.3) is 0 Å². The number of hydrogen-bond donors (Lipinski definition) is 0. The van der Waals surface area contributed by atoms with Gasteiger partial charge >= 0.3 is 0 Å². The van der Waals surface area contributed by atoms with Crippen molar-refractivity contribution >= 4 is 28.2 Å². The number of fused-ring (bicyclic) bond motifs is 1. The molecule has 1 atom stereocenters. The monoisotopic (exact) mass is 393 g/mol. The van der Waals surface area contributed by atoms with Gasteiger partial charge in [-0.15, -0.1) is 11.3 Å². The summed E-state index contributed by atoms with van der Waals surface area (Å²) in [5, 5.41) is 10.6. The lowest BCUT2D eigenvalue weighted by Crippen LogP contribution is -2.26. The van der Waals surface area contributed by atoms with Gasteiger partial charge in [0.05, 0.1) is 5.56 Å². The van der Waals surface area contributed by atoms with Crippen molar-refractivity contribution in [1.82, 2.24) is 0 Å². The molecule has 1 heterocycles. The molecule has 0 amide bonds. The van der Waals surface area contributed by atoms with Crippen molar-refractivity contribution in [2.75, 3.05) is 18.0 Å². The summed E-state index contributed by atoms with van der Waals surface area (Å²) in [7, 11) is 0. The van der Waals surface area contributed by atoms with Crippen LogP contribution in [0.25, 0.3) is 0 Å². The summed E-state index contributed by atoms with van der Waals surface area (Å²) in [6.45, 7) is 13.3. The zero-order chi connectivity index (χ0) is 20.3. The summed E-state index contributed by atoms with van der Waals surface area (Å²) in [6.07, 6.45) is 5.14. The Hall–Kier alpha value is -2.12. The average molecular weight is 394 g/mol. The molecule has 0 N–H and O–H groups in total. The van der Waals surface area contributed by atoms with E-state index in [4.69, 9.17) is 4.99 Å². The van der Waals surface area contributed by atoms with Crippen LogP contribution >= 0.6 is 11.3 Å². The van der Waals surface area contributed by atoms with Crippen molar-refractivity contribution in [2.45, 2.75) is 53.9 Å². The predicted molar refractivity (Wildman–Crippen MR) is 121 cm³/mol. The minimum Gasteiger partial charge on any atom is -0.372 e. The molecule has 148 valence electrons. The Balaban J connectivity index is 1.82. The van der Waals surface area contributed by atoms with E-state index in [0.29, 0.717) is 11.3 Å². The molecule has 3 nitrogen and oxygen atoms in total. The first-order valence-corrected chi connectivity index (χ1v) is 11.1. The minimum absolute atomic E-state index is 0.310. The summed E-state index contributed by atoms with van der Waals surface area (Å²) in [4.78, 5) is 8.41. The lowest BCUT2D eigenvalue weighted by molar-refractivity contribution is 0.218. The van der Waals surface area contributed by atoms with E-state index in [1.165, 1.54) is 16.1 Å². The van der Waals surface area contributed by atoms with Gasteiger partial charge in [0.2, 0.25) is 0 Å². The Morgan fingerprint density at radius 3 is 2.46 bits per heavy atom. The van der Waals surface area contributed by atoms with E-state index in [0.717, 1.165) is 48.5 Å². The predicted octanol–water partition coefficient (Wildman–Crippen LogP) is 6.37. The van der Waals surface area contributed by atoms with E-state index in [9.17, 15) is 5.26 Å². The van der Waals surface area contributed by atoms with Crippen LogP contribution in [0.2, 0.25) is 0 Å². The van der Waals surface area contributed by atoms with Gasteiger partial charge in [0, 0.05) is 29.9 Å². The van der Waals surface area contributed by atoms with E-state index < -0.39 is 0 Å². The molecule has 0 saturated heterocycles. The second-order valence-electron chi connectivity index (χ2n) is 8.62. The third kappa shape index (κ3) is 4.31. The van der Waals surface area contributed by atoms with E-state index in [2.05, 4.69) is 69.9 Å². The van der Waals surface area contributed by atoms with Crippen molar-refractivity contribution in [3.63, 3.8) is 0 Å². The van der Waals surface area contributed by atoms with Crippen molar-refractivity contribution in [1.29, 1.82) is 5.26 Å². The summed E-state index contributed by atoms with van der Waals surface area (Å²) in [5.74, 6) is 0.676. The molecule has 3 rings (SSSR count). The lowest BCUT2D eigenvalue weighted by Gasteiger charge is -2.33. The highest BCUT2D eigenvalue weighted by molar-refractivity contribution is 7.16. The molecule has 0 saturated carbocycles. The Labute approximate surface area is 173 Å². The van der Waals surface area contributed by atoms with Crippen LogP contribution in [0.4, 0.5) is 10.7 Å². The highest BCUT2D eigenvalue weighted by Crippen LogP contribution is 2.44. The Morgan fingerprint density at radius 2 is 1.89 bits per heavy atom. The number of aliphatic imine (C=N–C) groups is 1. The second kappa shape index (κ2) is 8.49. The van der Waals surface area contributed by atoms with E-state index in [1.54, 1.807) is 11.3 Å². The van der Waals surface area contributed by atoms with Crippen LogP contribution in [0.5, 0.6) is 0 Å². The number of rotatable bonds is 5. The van der Waals surface area contributed by atoms with Gasteiger partial charge in [-0.05, 0) is 67.7 Å². The van der Waals surface area contributed by atoms with E-state index >= 15 is 0 Å². The first kappa shape index (κ1) is 20.6. The number of benzene rings is 1. The number of nitrogens with zero attached hydrogens (tertiary/aromatic N) is 3.